The summed E-state index contributed by atoms with van der Waals surface area (Å²) in [6.07, 6.45) is 0. The van der Waals surface area contributed by atoms with E-state index in [1.54, 1.807) is 19.9 Å². The van der Waals surface area contributed by atoms with Gasteiger partial charge in [-0.25, -0.2) is 9.78 Å². The summed E-state index contributed by atoms with van der Waals surface area (Å²) in [4.78, 5) is 40.7. The van der Waals surface area contributed by atoms with Crippen LogP contribution in [-0.4, -0.2) is 35.4 Å². The van der Waals surface area contributed by atoms with Gasteiger partial charge in [-0.05, 0) is 58.0 Å². The molecule has 0 aliphatic rings. The number of ether oxygens (including phenoxy) is 1. The fraction of sp³-hybridized carbons (Fsp3) is 0.300. The molecule has 0 spiro atoms. The Hall–Kier alpha value is -2.93. The molecule has 0 radical (unpaired) electrons. The number of hydrogen-bond acceptors (Lipinski definition) is 5. The number of hydrogen-bond donors (Lipinski definition) is 2. The minimum atomic E-state index is -0.512. The highest BCUT2D eigenvalue weighted by molar-refractivity contribution is 6.34. The number of pyridine rings is 1. The third kappa shape index (κ3) is 5.29. The third-order valence-electron chi connectivity index (χ3n) is 3.71. The maximum Gasteiger partial charge on any atom is 0.339 e. The normalized spacial score (nSPS) is 10.5. The Bertz CT molecular complexity index is 912. The Kier molecular flexibility index (Phi) is 7.12. The Morgan fingerprint density at radius 1 is 1.14 bits per heavy atom. The number of carbonyl (C=O) groups is 3. The number of esters is 1. The van der Waals surface area contributed by atoms with Gasteiger partial charge in [0.25, 0.3) is 11.8 Å². The van der Waals surface area contributed by atoms with E-state index in [9.17, 15) is 14.4 Å². The summed E-state index contributed by atoms with van der Waals surface area (Å²) in [6.45, 7) is 7.28. The number of aryl methyl sites for hydroxylation is 1. The molecular formula is C20H22ClN3O4. The molecule has 2 amide bonds. The van der Waals surface area contributed by atoms with Gasteiger partial charge in [-0.1, -0.05) is 11.6 Å². The number of nitrogens with zero attached hydrogens (tertiary/aromatic N) is 1. The van der Waals surface area contributed by atoms with Gasteiger partial charge in [-0.2, -0.15) is 0 Å². The zero-order valence-electron chi connectivity index (χ0n) is 16.1. The molecule has 1 heterocycles. The summed E-state index contributed by atoms with van der Waals surface area (Å²) in [7, 11) is 0. The second kappa shape index (κ2) is 9.32. The standard InChI is InChI=1S/C20H22ClN3O4/c1-5-28-20(27)14-7-9-16(23-12(14)4)19(26)24-17-10-13(6-8-15(17)21)18(25)22-11(2)3/h6-11H,5H2,1-4H3,(H,22,25)(H,24,26). The lowest BCUT2D eigenvalue weighted by atomic mass is 10.1. The van der Waals surface area contributed by atoms with Crippen molar-refractivity contribution in [2.75, 3.05) is 11.9 Å². The fourth-order valence-corrected chi connectivity index (χ4v) is 2.57. The molecule has 7 nitrogen and oxygen atoms in total. The smallest absolute Gasteiger partial charge is 0.339 e. The molecule has 0 aliphatic carbocycles. The van der Waals surface area contributed by atoms with E-state index >= 15 is 0 Å². The summed E-state index contributed by atoms with van der Waals surface area (Å²) >= 11 is 6.14. The number of nitrogens with one attached hydrogen (secondary N) is 2. The van der Waals surface area contributed by atoms with Gasteiger partial charge >= 0.3 is 5.97 Å². The molecule has 0 bridgehead atoms. The van der Waals surface area contributed by atoms with Gasteiger partial charge in [-0.15, -0.1) is 0 Å². The first kappa shape index (κ1) is 21.4. The maximum atomic E-state index is 12.5. The van der Waals surface area contributed by atoms with Gasteiger partial charge in [0.2, 0.25) is 0 Å². The van der Waals surface area contributed by atoms with E-state index in [-0.39, 0.29) is 35.0 Å². The predicted octanol–water partition coefficient (Wildman–Crippen LogP) is 3.61. The van der Waals surface area contributed by atoms with Gasteiger partial charge in [0, 0.05) is 11.6 Å². The van der Waals surface area contributed by atoms with Crippen LogP contribution in [0, 0.1) is 6.92 Å². The molecule has 1 aromatic heterocycles. The average Bonchev–Trinajstić information content (AvgIpc) is 2.62. The Balaban J connectivity index is 2.21. The lowest BCUT2D eigenvalue weighted by Gasteiger charge is -2.12. The van der Waals surface area contributed by atoms with Crippen LogP contribution in [0.4, 0.5) is 5.69 Å². The first-order valence-electron chi connectivity index (χ1n) is 8.79. The number of anilines is 1. The highest BCUT2D eigenvalue weighted by Gasteiger charge is 2.17. The molecule has 8 heteroatoms. The van der Waals surface area contributed by atoms with E-state index in [4.69, 9.17) is 16.3 Å². The molecule has 2 N–H and O–H groups in total. The Morgan fingerprint density at radius 3 is 2.46 bits per heavy atom. The summed E-state index contributed by atoms with van der Waals surface area (Å²) in [5, 5.41) is 5.71. The van der Waals surface area contributed by atoms with E-state index in [0.717, 1.165) is 0 Å². The molecule has 0 unspecified atom stereocenters. The lowest BCUT2D eigenvalue weighted by molar-refractivity contribution is 0.0524. The van der Waals surface area contributed by atoms with Gasteiger partial charge < -0.3 is 15.4 Å². The molecule has 28 heavy (non-hydrogen) atoms. The van der Waals surface area contributed by atoms with Gasteiger partial charge in [0.05, 0.1) is 28.6 Å². The molecule has 0 atom stereocenters. The van der Waals surface area contributed by atoms with E-state index in [2.05, 4.69) is 15.6 Å². The molecule has 0 aliphatic heterocycles. The molecular weight excluding hydrogens is 382 g/mol. The van der Waals surface area contributed by atoms with Crippen molar-refractivity contribution in [2.45, 2.75) is 33.7 Å². The second-order valence-corrected chi connectivity index (χ2v) is 6.73. The topological polar surface area (TPSA) is 97.4 Å². The van der Waals surface area contributed by atoms with E-state index < -0.39 is 11.9 Å². The second-order valence-electron chi connectivity index (χ2n) is 6.33. The van der Waals surface area contributed by atoms with Gasteiger partial charge in [0.1, 0.15) is 5.69 Å². The molecule has 2 rings (SSSR count). The summed E-state index contributed by atoms with van der Waals surface area (Å²) in [5.74, 6) is -1.27. The van der Waals surface area contributed by atoms with Crippen LogP contribution in [-0.2, 0) is 4.74 Å². The monoisotopic (exact) mass is 403 g/mol. The number of amides is 2. The van der Waals surface area contributed by atoms with E-state index in [1.165, 1.54) is 24.3 Å². The number of aromatic nitrogens is 1. The van der Waals surface area contributed by atoms with E-state index in [1.807, 2.05) is 13.8 Å². The summed E-state index contributed by atoms with van der Waals surface area (Å²) in [5.41, 5.74) is 1.44. The van der Waals surface area contributed by atoms with Crippen LogP contribution in [0.2, 0.25) is 5.02 Å². The molecule has 148 valence electrons. The largest absolute Gasteiger partial charge is 0.462 e. The SMILES string of the molecule is CCOC(=O)c1ccc(C(=O)Nc2cc(C(=O)NC(C)C)ccc2Cl)nc1C. The van der Waals surface area contributed by atoms with E-state index in [0.29, 0.717) is 16.8 Å². The van der Waals surface area contributed by atoms with Crippen molar-refractivity contribution in [3.05, 3.63) is 57.9 Å². The lowest BCUT2D eigenvalue weighted by Crippen LogP contribution is -2.30. The molecule has 0 saturated carbocycles. The number of rotatable bonds is 6. The van der Waals surface area contributed by atoms with Crippen LogP contribution in [0.15, 0.2) is 30.3 Å². The minimum absolute atomic E-state index is 0.0219. The highest BCUT2D eigenvalue weighted by atomic mass is 35.5. The van der Waals surface area contributed by atoms with Crippen molar-refractivity contribution in [3.8, 4) is 0 Å². The third-order valence-corrected chi connectivity index (χ3v) is 4.04. The maximum absolute atomic E-state index is 12.5. The molecule has 0 saturated heterocycles. The van der Waals surface area contributed by atoms with Crippen molar-refractivity contribution in [2.24, 2.45) is 0 Å². The molecule has 2 aromatic rings. The summed E-state index contributed by atoms with van der Waals surface area (Å²) < 4.78 is 4.95. The average molecular weight is 404 g/mol. The van der Waals surface area contributed by atoms with Crippen LogP contribution in [0.25, 0.3) is 0 Å². The van der Waals surface area contributed by atoms with Crippen LogP contribution < -0.4 is 10.6 Å². The van der Waals surface area contributed by atoms with Crippen molar-refractivity contribution in [1.29, 1.82) is 0 Å². The molecule has 1 aromatic carbocycles. The number of benzene rings is 1. The summed E-state index contributed by atoms with van der Waals surface area (Å²) in [6, 6.07) is 7.51. The van der Waals surface area contributed by atoms with Crippen LogP contribution in [0.1, 0.15) is 57.7 Å². The van der Waals surface area contributed by atoms with Crippen molar-refractivity contribution in [3.63, 3.8) is 0 Å². The predicted molar refractivity (Wildman–Crippen MR) is 107 cm³/mol. The molecule has 0 fully saturated rings. The van der Waals surface area contributed by atoms with Crippen molar-refractivity contribution < 1.29 is 19.1 Å². The zero-order chi connectivity index (χ0) is 20.8. The fourth-order valence-electron chi connectivity index (χ4n) is 2.41. The van der Waals surface area contributed by atoms with Crippen LogP contribution in [0.5, 0.6) is 0 Å². The first-order valence-corrected chi connectivity index (χ1v) is 9.17. The minimum Gasteiger partial charge on any atom is -0.462 e. The first-order chi connectivity index (χ1) is 13.2. The van der Waals surface area contributed by atoms with Crippen molar-refractivity contribution in [1.82, 2.24) is 10.3 Å². The quantitative estimate of drug-likeness (QED) is 0.718. The Morgan fingerprint density at radius 2 is 1.86 bits per heavy atom. The number of halogens is 1. The van der Waals surface area contributed by atoms with Crippen molar-refractivity contribution >= 4 is 35.1 Å². The highest BCUT2D eigenvalue weighted by Crippen LogP contribution is 2.24. The van der Waals surface area contributed by atoms with Crippen LogP contribution >= 0.6 is 11.6 Å². The Labute approximate surface area is 168 Å². The van der Waals surface area contributed by atoms with Gasteiger partial charge in [-0.3, -0.25) is 9.59 Å². The van der Waals surface area contributed by atoms with Gasteiger partial charge in [0.15, 0.2) is 0 Å². The zero-order valence-corrected chi connectivity index (χ0v) is 16.9. The number of carbonyl (C=O) groups excluding carboxylic acids is 3. The van der Waals surface area contributed by atoms with Crippen LogP contribution in [0.3, 0.4) is 0 Å².